The maximum Gasteiger partial charge on any atom is 0.194 e. The van der Waals surface area contributed by atoms with Gasteiger partial charge in [-0.05, 0) is 53.2 Å². The van der Waals surface area contributed by atoms with Crippen molar-refractivity contribution >= 4 is 55.5 Å². The van der Waals surface area contributed by atoms with E-state index in [2.05, 4.69) is 0 Å². The molecule has 1 heterocycles. The van der Waals surface area contributed by atoms with E-state index in [1.165, 1.54) is 0 Å². The molecular weight excluding hydrogens is 312 g/mol. The van der Waals surface area contributed by atoms with E-state index < -0.39 is 0 Å². The summed E-state index contributed by atoms with van der Waals surface area (Å²) in [6.45, 7) is 0. The smallest absolute Gasteiger partial charge is 0.194 e. The van der Waals surface area contributed by atoms with Crippen molar-refractivity contribution in [2.45, 2.75) is 0 Å². The van der Waals surface area contributed by atoms with Crippen LogP contribution < -0.4 is 5.43 Å². The average molecular weight is 321 g/mol. The Hall–Kier alpha value is -2.78. The molecule has 0 aliphatic carbocycles. The first kappa shape index (κ1) is 12.7. The van der Waals surface area contributed by atoms with E-state index in [1.54, 1.807) is 18.2 Å². The molecule has 0 fully saturated rings. The second-order valence-electron chi connectivity index (χ2n) is 5.51. The van der Waals surface area contributed by atoms with Crippen LogP contribution in [0.4, 0.5) is 0 Å². The van der Waals surface area contributed by atoms with Crippen LogP contribution in [-0.4, -0.2) is 0 Å². The maximum atomic E-state index is 12.6. The minimum Gasteiger partial charge on any atom is -0.449 e. The van der Waals surface area contributed by atoms with E-state index in [0.29, 0.717) is 38.1 Å². The number of hydrogen-bond donors (Lipinski definition) is 0. The Morgan fingerprint density at radius 1 is 0.652 bits per heavy atom. The van der Waals surface area contributed by atoms with Crippen molar-refractivity contribution < 1.29 is 8.83 Å². The van der Waals surface area contributed by atoms with Gasteiger partial charge in [0.1, 0.15) is 0 Å². The molecule has 3 nitrogen and oxygen atoms in total. The van der Waals surface area contributed by atoms with Crippen molar-refractivity contribution in [2.24, 2.45) is 0 Å². The molecule has 0 spiro atoms. The second kappa shape index (κ2) is 4.37. The molecule has 1 aromatic heterocycles. The fourth-order valence-electron chi connectivity index (χ4n) is 3.07. The summed E-state index contributed by atoms with van der Waals surface area (Å²) in [5.74, 6) is 0. The number of hydrogen-bond acceptors (Lipinski definition) is 3. The van der Waals surface area contributed by atoms with Gasteiger partial charge in [0.2, 0.25) is 0 Å². The predicted molar refractivity (Wildman–Crippen MR) is 92.3 cm³/mol. The largest absolute Gasteiger partial charge is 0.449 e. The van der Waals surface area contributed by atoms with Crippen LogP contribution in [0.1, 0.15) is 0 Å². The highest BCUT2D eigenvalue weighted by molar-refractivity contribution is 6.32. The van der Waals surface area contributed by atoms with Gasteiger partial charge in [0, 0.05) is 15.8 Å². The lowest BCUT2D eigenvalue weighted by Gasteiger charge is -2.02. The van der Waals surface area contributed by atoms with Gasteiger partial charge in [-0.2, -0.15) is 0 Å². The van der Waals surface area contributed by atoms with Crippen molar-refractivity contribution in [3.8, 4) is 0 Å². The van der Waals surface area contributed by atoms with Crippen LogP contribution in [0, 0.1) is 0 Å². The summed E-state index contributed by atoms with van der Waals surface area (Å²) in [6, 6.07) is 16.3. The molecule has 0 saturated carbocycles. The third kappa shape index (κ3) is 1.74. The topological polar surface area (TPSA) is 43.4 Å². The van der Waals surface area contributed by atoms with Crippen LogP contribution in [0.2, 0.25) is 5.02 Å². The van der Waals surface area contributed by atoms with E-state index in [0.717, 1.165) is 10.8 Å². The first-order valence-electron chi connectivity index (χ1n) is 7.18. The molecular formula is C19H9ClO3. The first-order chi connectivity index (χ1) is 11.2. The first-order valence-corrected chi connectivity index (χ1v) is 7.56. The summed E-state index contributed by atoms with van der Waals surface area (Å²) in [6.07, 6.45) is 0. The lowest BCUT2D eigenvalue weighted by Crippen LogP contribution is -1.93. The summed E-state index contributed by atoms with van der Waals surface area (Å²) in [5.41, 5.74) is 2.44. The molecule has 4 heteroatoms. The Balaban J connectivity index is 2.02. The quantitative estimate of drug-likeness (QED) is 0.354. The minimum absolute atomic E-state index is 0.0167. The van der Waals surface area contributed by atoms with E-state index >= 15 is 0 Å². The average Bonchev–Trinajstić information content (AvgIpc) is 2.83. The molecule has 5 aromatic rings. The third-order valence-corrected chi connectivity index (χ3v) is 4.37. The zero-order chi connectivity index (χ0) is 15.6. The van der Waals surface area contributed by atoms with Crippen LogP contribution >= 0.6 is 11.6 Å². The van der Waals surface area contributed by atoms with E-state index in [-0.39, 0.29) is 5.43 Å². The highest BCUT2D eigenvalue weighted by Gasteiger charge is 2.14. The predicted octanol–water partition coefficient (Wildman–Crippen LogP) is 5.50. The number of para-hydroxylation sites is 2. The molecule has 0 radical (unpaired) electrons. The SMILES string of the molecule is O=c1c2ccc(Cl)cc2c2cc3oc4ccccc4oc3cc12. The molecule has 0 N–H and O–H groups in total. The summed E-state index contributed by atoms with van der Waals surface area (Å²) in [7, 11) is 0. The number of fused-ring (bicyclic) bond motifs is 5. The molecule has 110 valence electrons. The minimum atomic E-state index is -0.0167. The van der Waals surface area contributed by atoms with Crippen molar-refractivity contribution in [3.05, 3.63) is 69.8 Å². The Morgan fingerprint density at radius 2 is 1.26 bits per heavy atom. The fraction of sp³-hybridized carbons (Fsp3) is 0. The molecule has 4 aromatic carbocycles. The normalized spacial score (nSPS) is 11.9. The number of halogens is 1. The van der Waals surface area contributed by atoms with Crippen molar-refractivity contribution in [1.82, 2.24) is 0 Å². The molecule has 0 atom stereocenters. The van der Waals surface area contributed by atoms with Crippen LogP contribution in [0.15, 0.2) is 68.2 Å². The lowest BCUT2D eigenvalue weighted by atomic mass is 10.1. The van der Waals surface area contributed by atoms with Gasteiger partial charge in [-0.1, -0.05) is 23.7 Å². The lowest BCUT2D eigenvalue weighted by molar-refractivity contribution is 0.582. The van der Waals surface area contributed by atoms with Gasteiger partial charge in [-0.15, -0.1) is 0 Å². The van der Waals surface area contributed by atoms with Crippen molar-refractivity contribution in [3.63, 3.8) is 0 Å². The van der Waals surface area contributed by atoms with Crippen molar-refractivity contribution in [1.29, 1.82) is 0 Å². The summed E-state index contributed by atoms with van der Waals surface area (Å²) in [4.78, 5) is 12.6. The zero-order valence-corrected chi connectivity index (χ0v) is 12.6. The van der Waals surface area contributed by atoms with Gasteiger partial charge in [0.05, 0.1) is 0 Å². The Bertz CT molecular complexity index is 1290. The number of rotatable bonds is 0. The van der Waals surface area contributed by atoms with Gasteiger partial charge in [-0.25, -0.2) is 0 Å². The summed E-state index contributed by atoms with van der Waals surface area (Å²) in [5, 5.41) is 3.54. The second-order valence-corrected chi connectivity index (χ2v) is 5.95. The van der Waals surface area contributed by atoms with Crippen molar-refractivity contribution in [2.75, 3.05) is 0 Å². The molecule has 0 unspecified atom stereocenters. The van der Waals surface area contributed by atoms with Gasteiger partial charge in [0.15, 0.2) is 27.8 Å². The van der Waals surface area contributed by atoms with Gasteiger partial charge in [0.25, 0.3) is 0 Å². The molecule has 0 aliphatic heterocycles. The maximum absolute atomic E-state index is 12.6. The van der Waals surface area contributed by atoms with E-state index in [4.69, 9.17) is 20.4 Å². The fourth-order valence-corrected chi connectivity index (χ4v) is 3.24. The Kier molecular flexibility index (Phi) is 2.42. The van der Waals surface area contributed by atoms with E-state index in [9.17, 15) is 4.79 Å². The Morgan fingerprint density at radius 3 is 1.96 bits per heavy atom. The highest BCUT2D eigenvalue weighted by Crippen LogP contribution is 2.32. The van der Waals surface area contributed by atoms with E-state index in [1.807, 2.05) is 36.4 Å². The molecule has 23 heavy (non-hydrogen) atoms. The highest BCUT2D eigenvalue weighted by atomic mass is 35.5. The molecule has 5 rings (SSSR count). The van der Waals surface area contributed by atoms with Crippen LogP contribution in [0.5, 0.6) is 0 Å². The van der Waals surface area contributed by atoms with Gasteiger partial charge in [-0.3, -0.25) is 4.79 Å². The van der Waals surface area contributed by atoms with Gasteiger partial charge >= 0.3 is 0 Å². The zero-order valence-electron chi connectivity index (χ0n) is 11.8. The Labute approximate surface area is 134 Å². The molecule has 0 saturated heterocycles. The van der Waals surface area contributed by atoms with Crippen LogP contribution in [0.3, 0.4) is 0 Å². The third-order valence-electron chi connectivity index (χ3n) is 4.13. The monoisotopic (exact) mass is 320 g/mol. The number of benzene rings is 3. The standard InChI is InChI=1S/C19H9ClO3/c20-10-5-6-11-12(7-10)13-8-17-18(9-14(13)19(11)21)23-16-4-2-1-3-15(16)22-17/h1-9H. The summed E-state index contributed by atoms with van der Waals surface area (Å²) < 4.78 is 11.8. The summed E-state index contributed by atoms with van der Waals surface area (Å²) >= 11 is 6.08. The van der Waals surface area contributed by atoms with Gasteiger partial charge < -0.3 is 8.83 Å². The molecule has 0 bridgehead atoms. The molecule has 0 aliphatic rings. The van der Waals surface area contributed by atoms with Crippen LogP contribution in [0.25, 0.3) is 43.9 Å². The molecule has 0 amide bonds. The van der Waals surface area contributed by atoms with Crippen LogP contribution in [-0.2, 0) is 0 Å².